The van der Waals surface area contributed by atoms with Crippen LogP contribution in [0.4, 0.5) is 4.79 Å². The summed E-state index contributed by atoms with van der Waals surface area (Å²) in [6.07, 6.45) is 3.48. The van der Waals surface area contributed by atoms with E-state index in [0.29, 0.717) is 0 Å². The largest absolute Gasteiger partial charge is 0.331 e. The van der Waals surface area contributed by atoms with E-state index in [1.807, 2.05) is 26.2 Å². The molecule has 0 fully saturated rings. The third-order valence-electron chi connectivity index (χ3n) is 3.53. The molecule has 0 aliphatic heterocycles. The van der Waals surface area contributed by atoms with E-state index in [9.17, 15) is 4.79 Å². The number of hydrogen-bond donors (Lipinski definition) is 1. The van der Waals surface area contributed by atoms with Crippen molar-refractivity contribution in [2.75, 3.05) is 28.2 Å². The highest BCUT2D eigenvalue weighted by molar-refractivity contribution is 5.74. The van der Waals surface area contributed by atoms with Gasteiger partial charge in [0.25, 0.3) is 0 Å². The van der Waals surface area contributed by atoms with Crippen molar-refractivity contribution >= 4 is 6.03 Å². The van der Waals surface area contributed by atoms with Crippen molar-refractivity contribution in [1.82, 2.24) is 20.1 Å². The van der Waals surface area contributed by atoms with Crippen LogP contribution in [0.5, 0.6) is 0 Å². The summed E-state index contributed by atoms with van der Waals surface area (Å²) >= 11 is 0. The summed E-state index contributed by atoms with van der Waals surface area (Å²) in [6.45, 7) is 0.893. The average Bonchev–Trinajstić information content (AvgIpc) is 2.53. The van der Waals surface area contributed by atoms with E-state index >= 15 is 0 Å². The number of pyridine rings is 1. The predicted molar refractivity (Wildman–Crippen MR) is 92.1 cm³/mol. The van der Waals surface area contributed by atoms with Crippen LogP contribution in [0.25, 0.3) is 0 Å². The molecular formula is C18H24N4O. The van der Waals surface area contributed by atoms with Gasteiger partial charge < -0.3 is 15.1 Å². The van der Waals surface area contributed by atoms with Gasteiger partial charge in [0.05, 0.1) is 6.04 Å². The number of urea groups is 1. The SMILES string of the molecule is CN(C)Cc1ccc(C(NC(=O)N(C)C)c2ccncc2)cc1. The lowest BCUT2D eigenvalue weighted by molar-refractivity contribution is 0.215. The fourth-order valence-corrected chi connectivity index (χ4v) is 2.35. The van der Waals surface area contributed by atoms with Crippen molar-refractivity contribution < 1.29 is 4.79 Å². The quantitative estimate of drug-likeness (QED) is 0.923. The topological polar surface area (TPSA) is 48.5 Å². The molecule has 0 radical (unpaired) electrons. The number of amides is 2. The molecule has 0 saturated carbocycles. The first-order valence-electron chi connectivity index (χ1n) is 7.58. The molecule has 1 heterocycles. The van der Waals surface area contributed by atoms with Crippen LogP contribution in [0.1, 0.15) is 22.7 Å². The highest BCUT2D eigenvalue weighted by Crippen LogP contribution is 2.22. The maximum Gasteiger partial charge on any atom is 0.317 e. The first-order chi connectivity index (χ1) is 11.0. The minimum absolute atomic E-state index is 0.121. The van der Waals surface area contributed by atoms with Crippen LogP contribution >= 0.6 is 0 Å². The molecule has 122 valence electrons. The normalized spacial score (nSPS) is 12.0. The molecule has 5 nitrogen and oxygen atoms in total. The number of nitrogens with one attached hydrogen (secondary N) is 1. The van der Waals surface area contributed by atoms with Gasteiger partial charge in [-0.15, -0.1) is 0 Å². The minimum atomic E-state index is -0.193. The smallest absolute Gasteiger partial charge is 0.317 e. The Kier molecular flexibility index (Phi) is 5.71. The average molecular weight is 312 g/mol. The second-order valence-corrected chi connectivity index (χ2v) is 6.04. The van der Waals surface area contributed by atoms with Gasteiger partial charge in [-0.3, -0.25) is 4.98 Å². The van der Waals surface area contributed by atoms with Gasteiger partial charge in [0.15, 0.2) is 0 Å². The molecule has 1 aromatic carbocycles. The molecule has 1 aromatic heterocycles. The molecule has 5 heteroatoms. The van der Waals surface area contributed by atoms with Crippen molar-refractivity contribution in [2.45, 2.75) is 12.6 Å². The van der Waals surface area contributed by atoms with Gasteiger partial charge in [-0.05, 0) is 42.9 Å². The zero-order valence-electron chi connectivity index (χ0n) is 14.2. The first-order valence-corrected chi connectivity index (χ1v) is 7.58. The van der Waals surface area contributed by atoms with Crippen molar-refractivity contribution in [2.24, 2.45) is 0 Å². The Hall–Kier alpha value is -2.40. The lowest BCUT2D eigenvalue weighted by atomic mass is 9.98. The van der Waals surface area contributed by atoms with Crippen molar-refractivity contribution in [3.05, 3.63) is 65.5 Å². The Labute approximate surface area is 137 Å². The summed E-state index contributed by atoms with van der Waals surface area (Å²) in [7, 11) is 7.56. The van der Waals surface area contributed by atoms with Crippen LogP contribution in [0.3, 0.4) is 0 Å². The second-order valence-electron chi connectivity index (χ2n) is 6.04. The van der Waals surface area contributed by atoms with E-state index in [2.05, 4.69) is 39.5 Å². The molecular weight excluding hydrogens is 288 g/mol. The zero-order chi connectivity index (χ0) is 16.8. The first kappa shape index (κ1) is 17.0. The van der Waals surface area contributed by atoms with Crippen LogP contribution in [0.2, 0.25) is 0 Å². The lowest BCUT2D eigenvalue weighted by Crippen LogP contribution is -2.37. The van der Waals surface area contributed by atoms with Crippen molar-refractivity contribution in [1.29, 1.82) is 0 Å². The third-order valence-corrected chi connectivity index (χ3v) is 3.53. The number of aromatic nitrogens is 1. The van der Waals surface area contributed by atoms with Crippen LogP contribution in [0.15, 0.2) is 48.8 Å². The van der Waals surface area contributed by atoms with E-state index in [1.165, 1.54) is 10.5 Å². The van der Waals surface area contributed by atoms with Gasteiger partial charge in [0, 0.05) is 33.0 Å². The molecule has 1 atom stereocenters. The summed E-state index contributed by atoms with van der Waals surface area (Å²) in [5.74, 6) is 0. The monoisotopic (exact) mass is 312 g/mol. The van der Waals surface area contributed by atoms with Crippen LogP contribution in [-0.4, -0.2) is 49.0 Å². The summed E-state index contributed by atoms with van der Waals surface area (Å²) < 4.78 is 0. The predicted octanol–water partition coefficient (Wildman–Crippen LogP) is 2.50. The number of carbonyl (C=O) groups is 1. The highest BCUT2D eigenvalue weighted by atomic mass is 16.2. The van der Waals surface area contributed by atoms with Gasteiger partial charge in [0.2, 0.25) is 0 Å². The molecule has 0 aliphatic carbocycles. The van der Waals surface area contributed by atoms with Crippen LogP contribution in [-0.2, 0) is 6.54 Å². The maximum atomic E-state index is 12.1. The zero-order valence-corrected chi connectivity index (χ0v) is 14.2. The minimum Gasteiger partial charge on any atom is -0.331 e. The number of carbonyl (C=O) groups excluding carboxylic acids is 1. The fourth-order valence-electron chi connectivity index (χ4n) is 2.35. The highest BCUT2D eigenvalue weighted by Gasteiger charge is 2.17. The Morgan fingerprint density at radius 1 is 1.00 bits per heavy atom. The van der Waals surface area contributed by atoms with Gasteiger partial charge >= 0.3 is 6.03 Å². The van der Waals surface area contributed by atoms with E-state index in [0.717, 1.165) is 17.7 Å². The number of rotatable bonds is 5. The molecule has 1 unspecified atom stereocenters. The summed E-state index contributed by atoms with van der Waals surface area (Å²) in [5.41, 5.74) is 3.30. The molecule has 0 saturated heterocycles. The van der Waals surface area contributed by atoms with E-state index in [-0.39, 0.29) is 12.1 Å². The number of hydrogen-bond acceptors (Lipinski definition) is 3. The molecule has 0 aliphatic rings. The third kappa shape index (κ3) is 4.79. The van der Waals surface area contributed by atoms with Gasteiger partial charge in [-0.1, -0.05) is 24.3 Å². The fraction of sp³-hybridized carbons (Fsp3) is 0.333. The molecule has 2 rings (SSSR count). The molecule has 0 spiro atoms. The van der Waals surface area contributed by atoms with E-state index in [4.69, 9.17) is 0 Å². The molecule has 23 heavy (non-hydrogen) atoms. The van der Waals surface area contributed by atoms with Crippen LogP contribution in [0, 0.1) is 0 Å². The van der Waals surface area contributed by atoms with Gasteiger partial charge in [-0.2, -0.15) is 0 Å². The Balaban J connectivity index is 2.28. The summed E-state index contributed by atoms with van der Waals surface area (Å²) in [5, 5.41) is 3.06. The number of benzene rings is 1. The summed E-state index contributed by atoms with van der Waals surface area (Å²) in [4.78, 5) is 19.8. The molecule has 2 aromatic rings. The Morgan fingerprint density at radius 2 is 1.57 bits per heavy atom. The Morgan fingerprint density at radius 3 is 2.09 bits per heavy atom. The molecule has 0 bridgehead atoms. The number of nitrogens with zero attached hydrogens (tertiary/aromatic N) is 3. The van der Waals surface area contributed by atoms with Crippen LogP contribution < -0.4 is 5.32 Å². The van der Waals surface area contributed by atoms with Gasteiger partial charge in [0.1, 0.15) is 0 Å². The van der Waals surface area contributed by atoms with E-state index in [1.54, 1.807) is 26.5 Å². The second kappa shape index (κ2) is 7.74. The summed E-state index contributed by atoms with van der Waals surface area (Å²) in [6, 6.07) is 11.9. The van der Waals surface area contributed by atoms with E-state index < -0.39 is 0 Å². The van der Waals surface area contributed by atoms with Crippen molar-refractivity contribution in [3.63, 3.8) is 0 Å². The Bertz CT molecular complexity index is 623. The maximum absolute atomic E-state index is 12.1. The standard InChI is InChI=1S/C18H24N4O/c1-21(2)13-14-5-7-15(8-6-14)17(20-18(23)22(3)4)16-9-11-19-12-10-16/h5-12,17H,13H2,1-4H3,(H,20,23). The van der Waals surface area contributed by atoms with Crippen molar-refractivity contribution in [3.8, 4) is 0 Å². The molecule has 1 N–H and O–H groups in total. The van der Waals surface area contributed by atoms with Gasteiger partial charge in [-0.25, -0.2) is 4.79 Å². The lowest BCUT2D eigenvalue weighted by Gasteiger charge is -2.22. The molecule has 2 amide bonds.